The quantitative estimate of drug-likeness (QED) is 0.308. The van der Waals surface area contributed by atoms with Crippen LogP contribution in [0.3, 0.4) is 0 Å². The van der Waals surface area contributed by atoms with E-state index in [1.54, 1.807) is 0 Å². The fraction of sp³-hybridized carbons (Fsp3) is 0.188. The summed E-state index contributed by atoms with van der Waals surface area (Å²) in [7, 11) is 7.54. The van der Waals surface area contributed by atoms with Crippen molar-refractivity contribution in [2.45, 2.75) is 11.8 Å². The number of nitrogens with zero attached hydrogens (tertiary/aromatic N) is 4. The Morgan fingerprint density at radius 1 is 0.632 bits per heavy atom. The van der Waals surface area contributed by atoms with Crippen molar-refractivity contribution in [3.05, 3.63) is 119 Å². The first-order chi connectivity index (χ1) is 18.4. The Morgan fingerprint density at radius 3 is 1.37 bits per heavy atom. The lowest BCUT2D eigenvalue weighted by atomic mass is 9.58. The Labute approximate surface area is 223 Å². The molecule has 0 aliphatic heterocycles. The molecule has 2 atom stereocenters. The first kappa shape index (κ1) is 24.7. The standard InChI is InChI=1S/C32H30N6/c1-37(2)27(19-33)31-29(23-11-5-9-21(17-23)25-13-7-15-35-25)30(32(31)28(20-34)38(3)4)24-12-6-10-22(18-24)26-14-8-16-36-26/h5-18,29-30,35-36H,1-4H3/b31-27-,32-28+/t29-,30-/m1/s1. The molecule has 0 bridgehead atoms. The summed E-state index contributed by atoms with van der Waals surface area (Å²) in [4.78, 5) is 10.3. The maximum absolute atomic E-state index is 10.3. The van der Waals surface area contributed by atoms with Gasteiger partial charge in [-0.2, -0.15) is 10.5 Å². The molecule has 188 valence electrons. The number of H-pyrrole nitrogens is 2. The highest BCUT2D eigenvalue weighted by Gasteiger charge is 2.48. The molecule has 4 aromatic rings. The van der Waals surface area contributed by atoms with Crippen LogP contribution in [0.25, 0.3) is 22.5 Å². The lowest BCUT2D eigenvalue weighted by Gasteiger charge is -2.46. The number of hydrogen-bond donors (Lipinski definition) is 2. The van der Waals surface area contributed by atoms with Crippen molar-refractivity contribution in [2.24, 2.45) is 0 Å². The third-order valence-corrected chi connectivity index (χ3v) is 7.17. The van der Waals surface area contributed by atoms with E-state index >= 15 is 0 Å². The predicted octanol–water partition coefficient (Wildman–Crippen LogP) is 6.24. The van der Waals surface area contributed by atoms with Crippen LogP contribution in [0, 0.1) is 22.7 Å². The van der Waals surface area contributed by atoms with Crippen molar-refractivity contribution in [1.29, 1.82) is 10.5 Å². The first-order valence-electron chi connectivity index (χ1n) is 12.6. The molecular formula is C32H30N6. The van der Waals surface area contributed by atoms with Gasteiger partial charge < -0.3 is 19.8 Å². The topological polar surface area (TPSA) is 85.6 Å². The summed E-state index contributed by atoms with van der Waals surface area (Å²) in [6.45, 7) is 0. The monoisotopic (exact) mass is 498 g/mol. The maximum Gasteiger partial charge on any atom is 0.119 e. The molecule has 5 rings (SSSR count). The molecular weight excluding hydrogens is 468 g/mol. The van der Waals surface area contributed by atoms with Gasteiger partial charge in [-0.05, 0) is 58.7 Å². The average Bonchev–Trinajstić information content (AvgIpc) is 3.64. The third-order valence-electron chi connectivity index (χ3n) is 7.17. The minimum atomic E-state index is -0.0980. The second-order valence-corrected chi connectivity index (χ2v) is 9.91. The van der Waals surface area contributed by atoms with E-state index in [9.17, 15) is 10.5 Å². The number of benzene rings is 2. The van der Waals surface area contributed by atoms with Crippen LogP contribution in [0.1, 0.15) is 23.0 Å². The zero-order valence-corrected chi connectivity index (χ0v) is 22.0. The van der Waals surface area contributed by atoms with Crippen LogP contribution in [0.4, 0.5) is 0 Å². The summed E-state index contributed by atoms with van der Waals surface area (Å²) in [5.41, 5.74) is 9.41. The van der Waals surface area contributed by atoms with Gasteiger partial charge in [-0.25, -0.2) is 0 Å². The van der Waals surface area contributed by atoms with Crippen LogP contribution in [0.15, 0.2) is 108 Å². The molecule has 0 spiro atoms. The van der Waals surface area contributed by atoms with E-state index < -0.39 is 0 Å². The lowest BCUT2D eigenvalue weighted by molar-refractivity contribution is 0.464. The second kappa shape index (κ2) is 10.2. The number of allylic oxidation sites excluding steroid dienone is 4. The number of nitriles is 2. The molecule has 1 aliphatic rings. The highest BCUT2D eigenvalue weighted by Crippen LogP contribution is 2.60. The Morgan fingerprint density at radius 2 is 1.05 bits per heavy atom. The first-order valence-corrected chi connectivity index (χ1v) is 12.6. The van der Waals surface area contributed by atoms with Gasteiger partial charge in [-0.1, -0.05) is 36.4 Å². The maximum atomic E-state index is 10.3. The van der Waals surface area contributed by atoms with E-state index in [-0.39, 0.29) is 11.8 Å². The fourth-order valence-electron chi connectivity index (χ4n) is 5.46. The van der Waals surface area contributed by atoms with Gasteiger partial charge in [0.1, 0.15) is 23.5 Å². The normalized spacial score (nSPS) is 19.1. The van der Waals surface area contributed by atoms with Crippen LogP contribution in [0.2, 0.25) is 0 Å². The molecule has 2 aromatic carbocycles. The summed E-state index contributed by atoms with van der Waals surface area (Å²) in [6, 6.07) is 29.9. The van der Waals surface area contributed by atoms with E-state index in [0.717, 1.165) is 44.8 Å². The van der Waals surface area contributed by atoms with E-state index in [1.165, 1.54) is 0 Å². The molecule has 2 aromatic heterocycles. The largest absolute Gasteiger partial charge is 0.369 e. The van der Waals surface area contributed by atoms with Gasteiger partial charge >= 0.3 is 0 Å². The zero-order chi connectivity index (χ0) is 26.8. The summed E-state index contributed by atoms with van der Waals surface area (Å²) in [5.74, 6) is -0.196. The van der Waals surface area contributed by atoms with E-state index in [1.807, 2.05) is 62.5 Å². The molecule has 38 heavy (non-hydrogen) atoms. The molecule has 1 saturated carbocycles. The van der Waals surface area contributed by atoms with E-state index in [2.05, 4.69) is 82.8 Å². The van der Waals surface area contributed by atoms with Gasteiger partial charge in [0.15, 0.2) is 0 Å². The SMILES string of the molecule is CN(C)/C(C#N)=C1\C(=C(/C#N)N(C)C)[C@H](c2cccc(-c3ccc[nH]3)c2)[C@H]1c1cccc(-c2ccc[nH]2)c1. The third kappa shape index (κ3) is 4.27. The minimum Gasteiger partial charge on any atom is -0.369 e. The van der Waals surface area contributed by atoms with Crippen LogP contribution in [0.5, 0.6) is 0 Å². The summed E-state index contributed by atoms with van der Waals surface area (Å²) in [6.07, 6.45) is 3.84. The van der Waals surface area contributed by atoms with Gasteiger partial charge in [0.05, 0.1) is 0 Å². The molecule has 0 saturated heterocycles. The van der Waals surface area contributed by atoms with Crippen molar-refractivity contribution in [3.8, 4) is 34.7 Å². The average molecular weight is 499 g/mol. The van der Waals surface area contributed by atoms with Crippen molar-refractivity contribution >= 4 is 0 Å². The van der Waals surface area contributed by atoms with Gasteiger partial charge in [0, 0.05) is 75.0 Å². The molecule has 6 heteroatoms. The summed E-state index contributed by atoms with van der Waals surface area (Å²) in [5, 5.41) is 20.5. The van der Waals surface area contributed by atoms with E-state index in [0.29, 0.717) is 11.4 Å². The molecule has 0 unspecified atom stereocenters. The fourth-order valence-corrected chi connectivity index (χ4v) is 5.46. The summed E-state index contributed by atoms with van der Waals surface area (Å²) < 4.78 is 0. The van der Waals surface area contributed by atoms with Gasteiger partial charge in [-0.15, -0.1) is 0 Å². The molecule has 2 heterocycles. The van der Waals surface area contributed by atoms with Crippen molar-refractivity contribution in [3.63, 3.8) is 0 Å². The van der Waals surface area contributed by atoms with Crippen LogP contribution >= 0.6 is 0 Å². The van der Waals surface area contributed by atoms with Gasteiger partial charge in [-0.3, -0.25) is 0 Å². The molecule has 6 nitrogen and oxygen atoms in total. The van der Waals surface area contributed by atoms with Crippen molar-refractivity contribution in [2.75, 3.05) is 28.2 Å². The predicted molar refractivity (Wildman–Crippen MR) is 151 cm³/mol. The minimum absolute atomic E-state index is 0.0980. The Balaban J connectivity index is 1.77. The van der Waals surface area contributed by atoms with Gasteiger partial charge in [0.2, 0.25) is 0 Å². The smallest absolute Gasteiger partial charge is 0.119 e. The Hall–Kier alpha value is -4.94. The number of hydrogen-bond acceptors (Lipinski definition) is 4. The number of nitrogens with one attached hydrogen (secondary N) is 2. The molecule has 2 N–H and O–H groups in total. The van der Waals surface area contributed by atoms with Crippen molar-refractivity contribution < 1.29 is 0 Å². The Kier molecular flexibility index (Phi) is 6.64. The lowest BCUT2D eigenvalue weighted by Crippen LogP contribution is -2.35. The molecule has 0 amide bonds. The van der Waals surface area contributed by atoms with E-state index in [4.69, 9.17) is 0 Å². The van der Waals surface area contributed by atoms with Crippen LogP contribution in [-0.4, -0.2) is 48.0 Å². The Bertz CT molecular complexity index is 1470. The number of rotatable bonds is 6. The second-order valence-electron chi connectivity index (χ2n) is 9.91. The van der Waals surface area contributed by atoms with Crippen molar-refractivity contribution in [1.82, 2.24) is 19.8 Å². The molecule has 1 fully saturated rings. The van der Waals surface area contributed by atoms with Crippen LogP contribution in [-0.2, 0) is 0 Å². The molecule has 0 radical (unpaired) electrons. The zero-order valence-electron chi connectivity index (χ0n) is 22.0. The highest BCUT2D eigenvalue weighted by molar-refractivity contribution is 5.70. The van der Waals surface area contributed by atoms with Gasteiger partial charge in [0.25, 0.3) is 0 Å². The molecule has 1 aliphatic carbocycles. The summed E-state index contributed by atoms with van der Waals surface area (Å²) >= 11 is 0. The highest BCUT2D eigenvalue weighted by atomic mass is 15.1. The number of aromatic amines is 2. The number of aromatic nitrogens is 2. The van der Waals surface area contributed by atoms with Crippen LogP contribution < -0.4 is 0 Å².